The molecular weight excluding hydrogens is 266 g/mol. The van der Waals surface area contributed by atoms with Gasteiger partial charge in [0.05, 0.1) is 5.25 Å². The average molecular weight is 289 g/mol. The molecule has 0 aromatic heterocycles. The summed E-state index contributed by atoms with van der Waals surface area (Å²) in [7, 11) is -3.48. The standard InChI is InChI=1S/C13H23NO4S/c15-13(16)12(10-6-2-1-3-7-10)14-19(17,18)11-8-4-5-9-11/h10-12,14H,1-9H2,(H,15,16). The third-order valence-electron chi connectivity index (χ3n) is 4.42. The molecule has 2 aliphatic carbocycles. The minimum atomic E-state index is -3.48. The van der Waals surface area contributed by atoms with Crippen LogP contribution in [0.3, 0.4) is 0 Å². The second kappa shape index (κ2) is 6.22. The van der Waals surface area contributed by atoms with Crippen LogP contribution in [-0.4, -0.2) is 30.8 Å². The molecule has 0 aliphatic heterocycles. The molecule has 0 radical (unpaired) electrons. The first-order valence-corrected chi connectivity index (χ1v) is 8.79. The van der Waals surface area contributed by atoms with E-state index < -0.39 is 27.3 Å². The first-order chi connectivity index (χ1) is 9.00. The SMILES string of the molecule is O=C(O)C(NS(=O)(=O)C1CCCC1)C1CCCCC1. The molecule has 1 unspecified atom stereocenters. The van der Waals surface area contributed by atoms with Crippen molar-refractivity contribution < 1.29 is 18.3 Å². The molecular formula is C13H23NO4S. The summed E-state index contributed by atoms with van der Waals surface area (Å²) < 4.78 is 26.9. The molecule has 0 amide bonds. The molecule has 110 valence electrons. The van der Waals surface area contributed by atoms with E-state index >= 15 is 0 Å². The van der Waals surface area contributed by atoms with E-state index in [1.807, 2.05) is 0 Å². The Bertz CT molecular complexity index is 408. The van der Waals surface area contributed by atoms with Gasteiger partial charge in [0.15, 0.2) is 0 Å². The van der Waals surface area contributed by atoms with Crippen molar-refractivity contribution in [1.29, 1.82) is 0 Å². The van der Waals surface area contributed by atoms with Crippen LogP contribution in [-0.2, 0) is 14.8 Å². The summed E-state index contributed by atoms with van der Waals surface area (Å²) in [4.78, 5) is 11.4. The van der Waals surface area contributed by atoms with Gasteiger partial charge in [0.25, 0.3) is 0 Å². The molecule has 2 fully saturated rings. The van der Waals surface area contributed by atoms with Gasteiger partial charge < -0.3 is 5.11 Å². The van der Waals surface area contributed by atoms with Gasteiger partial charge in [-0.25, -0.2) is 13.1 Å². The molecule has 0 aromatic rings. The number of hydrogen-bond donors (Lipinski definition) is 2. The zero-order valence-corrected chi connectivity index (χ0v) is 12.0. The van der Waals surface area contributed by atoms with Crippen LogP contribution in [0.15, 0.2) is 0 Å². The normalized spacial score (nSPS) is 24.4. The van der Waals surface area contributed by atoms with E-state index in [4.69, 9.17) is 0 Å². The van der Waals surface area contributed by atoms with Crippen molar-refractivity contribution in [2.24, 2.45) is 5.92 Å². The van der Waals surface area contributed by atoms with Crippen LogP contribution in [0.4, 0.5) is 0 Å². The molecule has 6 heteroatoms. The molecule has 2 N–H and O–H groups in total. The van der Waals surface area contributed by atoms with E-state index in [-0.39, 0.29) is 5.92 Å². The van der Waals surface area contributed by atoms with Gasteiger partial charge in [0, 0.05) is 0 Å². The minimum absolute atomic E-state index is 0.0533. The lowest BCUT2D eigenvalue weighted by atomic mass is 9.84. The van der Waals surface area contributed by atoms with Crippen LogP contribution < -0.4 is 4.72 Å². The van der Waals surface area contributed by atoms with Crippen molar-refractivity contribution in [3.8, 4) is 0 Å². The molecule has 1 atom stereocenters. The summed E-state index contributed by atoms with van der Waals surface area (Å²) in [5, 5.41) is 8.91. The molecule has 0 saturated heterocycles. The van der Waals surface area contributed by atoms with Crippen molar-refractivity contribution >= 4 is 16.0 Å². The van der Waals surface area contributed by atoms with E-state index in [2.05, 4.69) is 4.72 Å². The largest absolute Gasteiger partial charge is 0.480 e. The summed E-state index contributed by atoms with van der Waals surface area (Å²) in [6.45, 7) is 0. The molecule has 2 saturated carbocycles. The van der Waals surface area contributed by atoms with Gasteiger partial charge in [0.1, 0.15) is 6.04 Å². The van der Waals surface area contributed by atoms with E-state index in [0.29, 0.717) is 12.8 Å². The maximum Gasteiger partial charge on any atom is 0.322 e. The fourth-order valence-electron chi connectivity index (χ4n) is 3.29. The van der Waals surface area contributed by atoms with Crippen LogP contribution in [0.2, 0.25) is 0 Å². The number of aliphatic carboxylic acids is 1. The van der Waals surface area contributed by atoms with Gasteiger partial charge in [-0.1, -0.05) is 32.1 Å². The Kier molecular flexibility index (Phi) is 4.84. The number of carboxylic acid groups (broad SMARTS) is 1. The van der Waals surface area contributed by atoms with Gasteiger partial charge in [-0.2, -0.15) is 0 Å². The maximum atomic E-state index is 12.2. The molecule has 0 aromatic carbocycles. The van der Waals surface area contributed by atoms with E-state index in [0.717, 1.165) is 44.9 Å². The van der Waals surface area contributed by atoms with E-state index in [1.165, 1.54) is 0 Å². The van der Waals surface area contributed by atoms with Crippen molar-refractivity contribution in [2.45, 2.75) is 69.1 Å². The van der Waals surface area contributed by atoms with Crippen molar-refractivity contribution in [3.05, 3.63) is 0 Å². The van der Waals surface area contributed by atoms with Gasteiger partial charge in [-0.15, -0.1) is 0 Å². The Hall–Kier alpha value is -0.620. The summed E-state index contributed by atoms with van der Waals surface area (Å²) in [6.07, 6.45) is 7.91. The minimum Gasteiger partial charge on any atom is -0.480 e. The third kappa shape index (κ3) is 3.69. The first kappa shape index (κ1) is 14.8. The zero-order chi connectivity index (χ0) is 13.9. The highest BCUT2D eigenvalue weighted by atomic mass is 32.2. The van der Waals surface area contributed by atoms with Crippen molar-refractivity contribution in [2.75, 3.05) is 0 Å². The lowest BCUT2D eigenvalue weighted by Crippen LogP contribution is -2.49. The predicted molar refractivity (Wildman–Crippen MR) is 72.3 cm³/mol. The number of hydrogen-bond acceptors (Lipinski definition) is 3. The topological polar surface area (TPSA) is 83.5 Å². The zero-order valence-electron chi connectivity index (χ0n) is 11.2. The first-order valence-electron chi connectivity index (χ1n) is 7.24. The number of carbonyl (C=O) groups is 1. The molecule has 19 heavy (non-hydrogen) atoms. The highest BCUT2D eigenvalue weighted by Gasteiger charge is 2.36. The summed E-state index contributed by atoms with van der Waals surface area (Å²) in [6, 6.07) is -0.939. The molecule has 0 heterocycles. The fourth-order valence-corrected chi connectivity index (χ4v) is 5.08. The van der Waals surface area contributed by atoms with Gasteiger partial charge in [-0.3, -0.25) is 4.79 Å². The second-order valence-electron chi connectivity index (χ2n) is 5.78. The Balaban J connectivity index is 2.05. The summed E-state index contributed by atoms with van der Waals surface area (Å²) in [5.41, 5.74) is 0. The molecule has 0 bridgehead atoms. The second-order valence-corrected chi connectivity index (χ2v) is 7.78. The summed E-state index contributed by atoms with van der Waals surface area (Å²) >= 11 is 0. The van der Waals surface area contributed by atoms with Crippen LogP contribution in [0.25, 0.3) is 0 Å². The Morgan fingerprint density at radius 2 is 1.53 bits per heavy atom. The maximum absolute atomic E-state index is 12.2. The Morgan fingerprint density at radius 3 is 2.05 bits per heavy atom. The van der Waals surface area contributed by atoms with Crippen molar-refractivity contribution in [3.63, 3.8) is 0 Å². The number of rotatable bonds is 5. The van der Waals surface area contributed by atoms with Gasteiger partial charge in [0.2, 0.25) is 10.0 Å². The number of carboxylic acids is 1. The summed E-state index contributed by atoms with van der Waals surface area (Å²) in [5.74, 6) is -1.09. The average Bonchev–Trinajstić information content (AvgIpc) is 2.91. The van der Waals surface area contributed by atoms with Crippen LogP contribution in [0.1, 0.15) is 57.8 Å². The Morgan fingerprint density at radius 1 is 1.00 bits per heavy atom. The molecule has 2 rings (SSSR count). The third-order valence-corrected chi connectivity index (χ3v) is 6.35. The quantitative estimate of drug-likeness (QED) is 0.809. The number of nitrogens with one attached hydrogen (secondary N) is 1. The monoisotopic (exact) mass is 289 g/mol. The highest BCUT2D eigenvalue weighted by molar-refractivity contribution is 7.90. The predicted octanol–water partition coefficient (Wildman–Crippen LogP) is 1.88. The Labute approximate surface area is 114 Å². The molecule has 5 nitrogen and oxygen atoms in total. The van der Waals surface area contributed by atoms with Crippen LogP contribution in [0.5, 0.6) is 0 Å². The highest BCUT2D eigenvalue weighted by Crippen LogP contribution is 2.29. The lowest BCUT2D eigenvalue weighted by molar-refractivity contribution is -0.140. The van der Waals surface area contributed by atoms with Crippen molar-refractivity contribution in [1.82, 2.24) is 4.72 Å². The van der Waals surface area contributed by atoms with E-state index in [9.17, 15) is 18.3 Å². The van der Waals surface area contributed by atoms with Gasteiger partial charge in [-0.05, 0) is 31.6 Å². The van der Waals surface area contributed by atoms with Crippen LogP contribution >= 0.6 is 0 Å². The van der Waals surface area contributed by atoms with Gasteiger partial charge >= 0.3 is 5.97 Å². The fraction of sp³-hybridized carbons (Fsp3) is 0.923. The molecule has 2 aliphatic rings. The molecule has 0 spiro atoms. The number of sulfonamides is 1. The van der Waals surface area contributed by atoms with Crippen LogP contribution in [0, 0.1) is 5.92 Å². The smallest absolute Gasteiger partial charge is 0.322 e. The van der Waals surface area contributed by atoms with E-state index in [1.54, 1.807) is 0 Å². The lowest BCUT2D eigenvalue weighted by Gasteiger charge is -2.28.